The highest BCUT2D eigenvalue weighted by atomic mass is 35.5. The maximum Gasteiger partial charge on any atom is 0.417 e. The molecule has 0 aliphatic rings. The number of anilines is 3. The number of alkyl halides is 3. The molecule has 0 aliphatic carbocycles. The van der Waals surface area contributed by atoms with Crippen molar-refractivity contribution in [2.75, 3.05) is 23.0 Å². The van der Waals surface area contributed by atoms with Crippen LogP contribution in [0.5, 0.6) is 0 Å². The Labute approximate surface area is 198 Å². The Kier molecular flexibility index (Phi) is 7.75. The summed E-state index contributed by atoms with van der Waals surface area (Å²) < 4.78 is 39.0. The third-order valence-electron chi connectivity index (χ3n) is 4.50. The molecule has 0 saturated heterocycles. The maximum atomic E-state index is 13.0. The number of aromatic nitrogens is 1. The molecule has 0 unspecified atom stereocenters. The van der Waals surface area contributed by atoms with Crippen molar-refractivity contribution in [1.29, 1.82) is 0 Å². The number of urea groups is 1. The van der Waals surface area contributed by atoms with E-state index in [9.17, 15) is 18.0 Å². The molecule has 4 N–H and O–H groups in total. The highest BCUT2D eigenvalue weighted by Crippen LogP contribution is 2.36. The summed E-state index contributed by atoms with van der Waals surface area (Å²) in [4.78, 5) is 23.4. The van der Waals surface area contributed by atoms with E-state index in [0.29, 0.717) is 22.9 Å². The molecule has 3 rings (SSSR count). The Hall–Kier alpha value is -4.05. The lowest BCUT2D eigenvalue weighted by atomic mass is 10.2. The number of carbonyl (C=O) groups excluding carboxylic acids is 1. The lowest BCUT2D eigenvalue weighted by Crippen LogP contribution is -2.20. The molecule has 2 amide bonds. The first-order valence-electron chi connectivity index (χ1n) is 9.80. The third kappa shape index (κ3) is 6.48. The average Bonchev–Trinajstić information content (AvgIpc) is 3.33. The summed E-state index contributed by atoms with van der Waals surface area (Å²) >= 11 is 5.59. The van der Waals surface area contributed by atoms with E-state index in [4.69, 9.17) is 11.6 Å². The van der Waals surface area contributed by atoms with Gasteiger partial charge >= 0.3 is 12.2 Å². The Morgan fingerprint density at radius 2 is 1.65 bits per heavy atom. The van der Waals surface area contributed by atoms with Crippen molar-refractivity contribution in [2.24, 2.45) is 9.98 Å². The van der Waals surface area contributed by atoms with Crippen molar-refractivity contribution < 1.29 is 18.0 Å². The number of benzene rings is 2. The largest absolute Gasteiger partial charge is 0.417 e. The van der Waals surface area contributed by atoms with E-state index in [0.717, 1.165) is 17.8 Å². The summed E-state index contributed by atoms with van der Waals surface area (Å²) in [6, 6.07) is 12.8. The predicted molar refractivity (Wildman–Crippen MR) is 131 cm³/mol. The number of nitrogens with zero attached hydrogens (tertiary/aromatic N) is 2. The van der Waals surface area contributed by atoms with Gasteiger partial charge in [-0.05, 0) is 61.3 Å². The molecule has 2 aromatic carbocycles. The Balaban J connectivity index is 1.63. The van der Waals surface area contributed by atoms with Crippen LogP contribution < -0.4 is 16.0 Å². The van der Waals surface area contributed by atoms with Crippen molar-refractivity contribution in [3.63, 3.8) is 0 Å². The first-order chi connectivity index (χ1) is 16.2. The van der Waals surface area contributed by atoms with Crippen LogP contribution in [0.3, 0.4) is 0 Å². The number of rotatable bonds is 6. The van der Waals surface area contributed by atoms with Crippen LogP contribution in [0.4, 0.5) is 35.0 Å². The average molecular weight is 489 g/mol. The molecule has 0 bridgehead atoms. The summed E-state index contributed by atoms with van der Waals surface area (Å²) in [5.41, 5.74) is 1.42. The fourth-order valence-corrected chi connectivity index (χ4v) is 3.11. The van der Waals surface area contributed by atoms with Gasteiger partial charge in [-0.25, -0.2) is 4.79 Å². The number of carbonyl (C=O) groups is 1. The molecule has 1 heterocycles. The number of nitrogens with one attached hydrogen (secondary N) is 4. The Bertz CT molecular complexity index is 1220. The first-order valence-corrected chi connectivity index (χ1v) is 10.2. The van der Waals surface area contributed by atoms with Crippen LogP contribution in [0, 0.1) is 0 Å². The molecule has 0 fully saturated rings. The van der Waals surface area contributed by atoms with Gasteiger partial charge in [0.1, 0.15) is 5.84 Å². The minimum Gasteiger partial charge on any atom is -0.360 e. The second-order valence-electron chi connectivity index (χ2n) is 6.85. The van der Waals surface area contributed by atoms with Crippen LogP contribution in [0.2, 0.25) is 5.02 Å². The normalized spacial score (nSPS) is 12.3. The molecule has 0 spiro atoms. The van der Waals surface area contributed by atoms with Crippen LogP contribution in [-0.4, -0.2) is 30.6 Å². The topological polar surface area (TPSA) is 93.7 Å². The van der Waals surface area contributed by atoms with E-state index in [1.165, 1.54) is 6.07 Å². The van der Waals surface area contributed by atoms with Gasteiger partial charge in [0.15, 0.2) is 0 Å². The predicted octanol–water partition coefficient (Wildman–Crippen LogP) is 6.51. The Morgan fingerprint density at radius 1 is 1.03 bits per heavy atom. The summed E-state index contributed by atoms with van der Waals surface area (Å²) in [5, 5.41) is 7.59. The number of halogens is 4. The summed E-state index contributed by atoms with van der Waals surface area (Å²) in [6.45, 7) is 3.57. The van der Waals surface area contributed by atoms with Crippen molar-refractivity contribution in [3.8, 4) is 0 Å². The zero-order chi connectivity index (χ0) is 24.7. The van der Waals surface area contributed by atoms with Crippen molar-refractivity contribution in [2.45, 2.75) is 6.18 Å². The number of amidine groups is 1. The van der Waals surface area contributed by atoms with Gasteiger partial charge in [0.05, 0.1) is 22.0 Å². The summed E-state index contributed by atoms with van der Waals surface area (Å²) in [5.74, 6) is 0.527. The highest BCUT2D eigenvalue weighted by molar-refractivity contribution is 6.31. The van der Waals surface area contributed by atoms with E-state index in [-0.39, 0.29) is 5.69 Å². The van der Waals surface area contributed by atoms with Crippen LogP contribution in [0.25, 0.3) is 5.70 Å². The van der Waals surface area contributed by atoms with Gasteiger partial charge in [0.25, 0.3) is 0 Å². The number of aromatic amines is 1. The maximum absolute atomic E-state index is 13.0. The van der Waals surface area contributed by atoms with E-state index >= 15 is 0 Å². The van der Waals surface area contributed by atoms with E-state index < -0.39 is 22.8 Å². The number of H-pyrrole nitrogens is 1. The second kappa shape index (κ2) is 10.7. The first kappa shape index (κ1) is 24.6. The van der Waals surface area contributed by atoms with Crippen LogP contribution in [0.15, 0.2) is 76.9 Å². The molecule has 0 radical (unpaired) electrons. The molecule has 1 aromatic heterocycles. The molecule has 0 saturated carbocycles. The van der Waals surface area contributed by atoms with Crippen LogP contribution in [0.1, 0.15) is 11.3 Å². The SMILES string of the molecule is C=N/C(=C\C(=NC)Nc1ccc(NC(=O)Nc2ccc(Cl)c(C(F)(F)F)c2)cc1)c1ccc[nH]1. The molecule has 34 heavy (non-hydrogen) atoms. The standard InChI is InChI=1S/C23H20ClF3N6O/c1-28-20(19-4-3-11-30-19)13-21(29-2)31-14-5-7-15(8-6-14)32-22(34)33-16-9-10-18(24)17(12-16)23(25,26)27/h3-13,30H,1H2,2H3,(H,29,31)(H2,32,33,34)/b20-13-. The number of hydrogen-bond donors (Lipinski definition) is 4. The van der Waals surface area contributed by atoms with Gasteiger partial charge in [0, 0.05) is 36.4 Å². The zero-order valence-corrected chi connectivity index (χ0v) is 18.6. The minimum atomic E-state index is -4.63. The number of amides is 2. The molecular formula is C23H20ClF3N6O. The van der Waals surface area contributed by atoms with Gasteiger partial charge < -0.3 is 20.9 Å². The lowest BCUT2D eigenvalue weighted by Gasteiger charge is -2.13. The van der Waals surface area contributed by atoms with E-state index in [1.54, 1.807) is 43.6 Å². The monoisotopic (exact) mass is 488 g/mol. The summed E-state index contributed by atoms with van der Waals surface area (Å²) in [7, 11) is 1.62. The van der Waals surface area contributed by atoms with Crippen molar-refractivity contribution in [3.05, 3.63) is 83.2 Å². The van der Waals surface area contributed by atoms with Gasteiger partial charge in [-0.2, -0.15) is 13.2 Å². The van der Waals surface area contributed by atoms with E-state index in [2.05, 4.69) is 37.6 Å². The third-order valence-corrected chi connectivity index (χ3v) is 4.83. The highest BCUT2D eigenvalue weighted by Gasteiger charge is 2.33. The van der Waals surface area contributed by atoms with E-state index in [1.807, 2.05) is 12.1 Å². The molecule has 0 atom stereocenters. The van der Waals surface area contributed by atoms with Gasteiger partial charge in [0.2, 0.25) is 0 Å². The lowest BCUT2D eigenvalue weighted by molar-refractivity contribution is -0.137. The second-order valence-corrected chi connectivity index (χ2v) is 7.26. The molecule has 0 aliphatic heterocycles. The van der Waals surface area contributed by atoms with Crippen LogP contribution in [-0.2, 0) is 6.18 Å². The van der Waals surface area contributed by atoms with Crippen molar-refractivity contribution in [1.82, 2.24) is 4.98 Å². The number of aliphatic imine (C=N–C) groups is 2. The Morgan fingerprint density at radius 3 is 2.21 bits per heavy atom. The number of hydrogen-bond acceptors (Lipinski definition) is 3. The summed E-state index contributed by atoms with van der Waals surface area (Å²) in [6.07, 6.45) is -1.14. The molecule has 3 aromatic rings. The fourth-order valence-electron chi connectivity index (χ4n) is 2.88. The minimum absolute atomic E-state index is 0.0446. The van der Waals surface area contributed by atoms with Gasteiger partial charge in [-0.3, -0.25) is 9.98 Å². The molecule has 7 nitrogen and oxygen atoms in total. The van der Waals surface area contributed by atoms with Crippen LogP contribution >= 0.6 is 11.6 Å². The molecular weight excluding hydrogens is 469 g/mol. The smallest absolute Gasteiger partial charge is 0.360 e. The quantitative estimate of drug-likeness (QED) is 0.235. The van der Waals surface area contributed by atoms with Gasteiger partial charge in [-0.15, -0.1) is 0 Å². The fraction of sp³-hybridized carbons (Fsp3) is 0.0870. The van der Waals surface area contributed by atoms with Crippen molar-refractivity contribution >= 4 is 52.9 Å². The molecule has 176 valence electrons. The zero-order valence-electron chi connectivity index (χ0n) is 17.9. The van der Waals surface area contributed by atoms with Gasteiger partial charge in [-0.1, -0.05) is 11.6 Å². The molecule has 11 heteroatoms.